The molecule has 6 nitrogen and oxygen atoms in total. The summed E-state index contributed by atoms with van der Waals surface area (Å²) in [4.78, 5) is 16.9. The number of thiazole rings is 1. The molecule has 22 heavy (non-hydrogen) atoms. The van der Waals surface area contributed by atoms with Crippen LogP contribution < -0.4 is 4.80 Å². The van der Waals surface area contributed by atoms with Crippen LogP contribution in [0.5, 0.6) is 0 Å². The summed E-state index contributed by atoms with van der Waals surface area (Å²) in [6.45, 7) is 3.82. The maximum atomic E-state index is 12.1. The Morgan fingerprint density at radius 2 is 2.27 bits per heavy atom. The van der Waals surface area contributed by atoms with E-state index in [0.29, 0.717) is 24.6 Å². The van der Waals surface area contributed by atoms with E-state index in [1.54, 1.807) is 0 Å². The number of rotatable bonds is 5. The van der Waals surface area contributed by atoms with Gasteiger partial charge in [-0.15, -0.1) is 0 Å². The number of nitrogens with zero attached hydrogens (tertiary/aromatic N) is 3. The van der Waals surface area contributed by atoms with Gasteiger partial charge in [0.2, 0.25) is 5.76 Å². The summed E-state index contributed by atoms with van der Waals surface area (Å²) in [5, 5.41) is 3.53. The minimum atomic E-state index is -0.436. The van der Waals surface area contributed by atoms with Crippen molar-refractivity contribution in [1.29, 1.82) is 0 Å². The molecular formula is C15H15N3O3S. The molecule has 0 radical (unpaired) electrons. The number of carbonyl (C=O) groups is 1. The lowest BCUT2D eigenvalue weighted by molar-refractivity contribution is 0.0961. The van der Waals surface area contributed by atoms with E-state index in [-0.39, 0.29) is 5.76 Å². The fourth-order valence-electron chi connectivity index (χ4n) is 2.09. The van der Waals surface area contributed by atoms with Crippen molar-refractivity contribution in [3.8, 4) is 0 Å². The van der Waals surface area contributed by atoms with E-state index < -0.39 is 5.91 Å². The number of carbonyl (C=O) groups excluding carboxylic acids is 1. The average Bonchev–Trinajstić information content (AvgIpc) is 3.16. The highest BCUT2D eigenvalue weighted by molar-refractivity contribution is 7.16. The van der Waals surface area contributed by atoms with Crippen LogP contribution in [0.25, 0.3) is 10.2 Å². The van der Waals surface area contributed by atoms with E-state index in [9.17, 15) is 4.79 Å². The highest BCUT2D eigenvalue weighted by Gasteiger charge is 2.11. The van der Waals surface area contributed by atoms with Crippen molar-refractivity contribution in [3.63, 3.8) is 0 Å². The van der Waals surface area contributed by atoms with Gasteiger partial charge in [-0.25, -0.2) is 0 Å². The van der Waals surface area contributed by atoms with Gasteiger partial charge in [-0.3, -0.25) is 4.79 Å². The van der Waals surface area contributed by atoms with Crippen molar-refractivity contribution >= 4 is 27.5 Å². The van der Waals surface area contributed by atoms with Crippen molar-refractivity contribution in [1.82, 2.24) is 9.72 Å². The van der Waals surface area contributed by atoms with Crippen molar-refractivity contribution in [3.05, 3.63) is 47.1 Å². The Bertz CT molecular complexity index is 833. The van der Waals surface area contributed by atoms with Gasteiger partial charge in [-0.1, -0.05) is 28.6 Å². The minimum absolute atomic E-state index is 0.133. The van der Waals surface area contributed by atoms with E-state index in [1.807, 2.05) is 35.8 Å². The predicted molar refractivity (Wildman–Crippen MR) is 82.7 cm³/mol. The summed E-state index contributed by atoms with van der Waals surface area (Å²) in [5.74, 6) is -0.303. The van der Waals surface area contributed by atoms with E-state index in [4.69, 9.17) is 9.26 Å². The van der Waals surface area contributed by atoms with Crippen LogP contribution in [0.1, 0.15) is 17.5 Å². The van der Waals surface area contributed by atoms with Gasteiger partial charge in [0.05, 0.1) is 23.0 Å². The van der Waals surface area contributed by atoms with Crippen LogP contribution >= 0.6 is 11.3 Å². The van der Waals surface area contributed by atoms with Gasteiger partial charge >= 0.3 is 5.91 Å². The lowest BCUT2D eigenvalue weighted by atomic mass is 10.3. The standard InChI is InChI=1S/C15H15N3O3S/c1-2-20-10-9-18-11-5-3-4-6-13(11)22-15(18)17-14(19)12-7-8-16-21-12/h3-8H,2,9-10H2,1H3. The Balaban J connectivity index is 2.03. The molecule has 3 aromatic rings. The van der Waals surface area contributed by atoms with Crippen molar-refractivity contribution in [2.24, 2.45) is 4.99 Å². The van der Waals surface area contributed by atoms with E-state index >= 15 is 0 Å². The molecule has 114 valence electrons. The largest absolute Gasteiger partial charge is 0.380 e. The smallest absolute Gasteiger partial charge is 0.318 e. The minimum Gasteiger partial charge on any atom is -0.380 e. The molecule has 7 heteroatoms. The second-order valence-corrected chi connectivity index (χ2v) is 5.50. The monoisotopic (exact) mass is 317 g/mol. The molecule has 2 heterocycles. The first kappa shape index (κ1) is 14.7. The fourth-order valence-corrected chi connectivity index (χ4v) is 3.14. The molecule has 2 aromatic heterocycles. The zero-order valence-corrected chi connectivity index (χ0v) is 12.9. The molecular weight excluding hydrogens is 302 g/mol. The van der Waals surface area contributed by atoms with Crippen molar-refractivity contribution in [2.75, 3.05) is 13.2 Å². The Kier molecular flexibility index (Phi) is 4.45. The average molecular weight is 317 g/mol. The second kappa shape index (κ2) is 6.67. The second-order valence-electron chi connectivity index (χ2n) is 4.49. The molecule has 0 bridgehead atoms. The van der Waals surface area contributed by atoms with Crippen molar-refractivity contribution < 1.29 is 14.1 Å². The number of hydrogen-bond acceptors (Lipinski definition) is 5. The van der Waals surface area contributed by atoms with Gasteiger partial charge in [0.15, 0.2) is 4.80 Å². The van der Waals surface area contributed by atoms with Crippen LogP contribution in [-0.2, 0) is 11.3 Å². The van der Waals surface area contributed by atoms with Gasteiger partial charge in [0.1, 0.15) is 0 Å². The zero-order valence-electron chi connectivity index (χ0n) is 12.1. The number of hydrogen-bond donors (Lipinski definition) is 0. The molecule has 1 amide bonds. The third-order valence-electron chi connectivity index (χ3n) is 3.10. The quantitative estimate of drug-likeness (QED) is 0.678. The molecule has 0 aliphatic rings. The van der Waals surface area contributed by atoms with E-state index in [0.717, 1.165) is 10.2 Å². The van der Waals surface area contributed by atoms with Crippen LogP contribution in [0, 0.1) is 0 Å². The first-order chi connectivity index (χ1) is 10.8. The van der Waals surface area contributed by atoms with Crippen LogP contribution in [0.3, 0.4) is 0 Å². The lowest BCUT2D eigenvalue weighted by Crippen LogP contribution is -2.19. The molecule has 0 atom stereocenters. The zero-order chi connectivity index (χ0) is 15.4. The molecule has 3 rings (SSSR count). The fraction of sp³-hybridized carbons (Fsp3) is 0.267. The SMILES string of the molecule is CCOCCn1c(=NC(=O)c2ccno2)sc2ccccc21. The topological polar surface area (TPSA) is 69.6 Å². The van der Waals surface area contributed by atoms with Crippen LogP contribution in [0.15, 0.2) is 46.0 Å². The predicted octanol–water partition coefficient (Wildman–Crippen LogP) is 2.47. The van der Waals surface area contributed by atoms with Gasteiger partial charge in [-0.05, 0) is 19.1 Å². The summed E-state index contributed by atoms with van der Waals surface area (Å²) in [6, 6.07) is 9.45. The first-order valence-electron chi connectivity index (χ1n) is 6.95. The van der Waals surface area contributed by atoms with E-state index in [1.165, 1.54) is 23.6 Å². The molecule has 0 spiro atoms. The highest BCUT2D eigenvalue weighted by atomic mass is 32.1. The Morgan fingerprint density at radius 1 is 1.41 bits per heavy atom. The summed E-state index contributed by atoms with van der Waals surface area (Å²) in [5.41, 5.74) is 1.04. The number of benzene rings is 1. The number of para-hydroxylation sites is 1. The summed E-state index contributed by atoms with van der Waals surface area (Å²) in [7, 11) is 0. The summed E-state index contributed by atoms with van der Waals surface area (Å²) in [6.07, 6.45) is 1.43. The summed E-state index contributed by atoms with van der Waals surface area (Å²) >= 11 is 1.47. The van der Waals surface area contributed by atoms with E-state index in [2.05, 4.69) is 10.1 Å². The molecule has 0 saturated heterocycles. The van der Waals surface area contributed by atoms with Gasteiger partial charge < -0.3 is 13.8 Å². The Morgan fingerprint density at radius 3 is 3.05 bits per heavy atom. The highest BCUT2D eigenvalue weighted by Crippen LogP contribution is 2.16. The number of ether oxygens (including phenoxy) is 1. The number of amides is 1. The van der Waals surface area contributed by atoms with Crippen LogP contribution in [0.2, 0.25) is 0 Å². The molecule has 0 saturated carbocycles. The molecule has 0 aliphatic carbocycles. The maximum absolute atomic E-state index is 12.1. The number of aromatic nitrogens is 2. The third kappa shape index (κ3) is 3.00. The molecule has 0 aliphatic heterocycles. The normalized spacial score (nSPS) is 12.1. The summed E-state index contributed by atoms with van der Waals surface area (Å²) < 4.78 is 13.3. The van der Waals surface area contributed by atoms with Crippen LogP contribution in [-0.4, -0.2) is 28.8 Å². The molecule has 0 N–H and O–H groups in total. The first-order valence-corrected chi connectivity index (χ1v) is 7.77. The molecule has 0 unspecified atom stereocenters. The Labute approximate surface area is 130 Å². The van der Waals surface area contributed by atoms with Crippen LogP contribution in [0.4, 0.5) is 0 Å². The molecule has 1 aromatic carbocycles. The van der Waals surface area contributed by atoms with Gasteiger partial charge in [0.25, 0.3) is 0 Å². The molecule has 0 fully saturated rings. The van der Waals surface area contributed by atoms with Gasteiger partial charge in [0, 0.05) is 19.2 Å². The van der Waals surface area contributed by atoms with Crippen molar-refractivity contribution in [2.45, 2.75) is 13.5 Å². The number of fused-ring (bicyclic) bond motifs is 1. The van der Waals surface area contributed by atoms with Gasteiger partial charge in [-0.2, -0.15) is 4.99 Å². The lowest BCUT2D eigenvalue weighted by Gasteiger charge is -2.04. The Hall–Kier alpha value is -2.25. The third-order valence-corrected chi connectivity index (χ3v) is 4.16. The maximum Gasteiger partial charge on any atom is 0.318 e.